The van der Waals surface area contributed by atoms with Gasteiger partial charge in [0.25, 0.3) is 0 Å². The smallest absolute Gasteiger partial charge is 0.244 e. The zero-order valence-electron chi connectivity index (χ0n) is 14.0. The van der Waals surface area contributed by atoms with Crippen LogP contribution < -0.4 is 10.2 Å². The summed E-state index contributed by atoms with van der Waals surface area (Å²) in [7, 11) is 0. The van der Waals surface area contributed by atoms with E-state index < -0.39 is 0 Å². The number of anilines is 2. The highest BCUT2D eigenvalue weighted by atomic mass is 35.5. The highest BCUT2D eigenvalue weighted by molar-refractivity contribution is 6.42. The van der Waals surface area contributed by atoms with E-state index in [2.05, 4.69) is 5.32 Å². The van der Waals surface area contributed by atoms with E-state index in [1.807, 2.05) is 19.9 Å². The molecule has 0 aliphatic heterocycles. The molecule has 0 atom stereocenters. The van der Waals surface area contributed by atoms with Crippen molar-refractivity contribution in [3.05, 3.63) is 56.5 Å². The van der Waals surface area contributed by atoms with Gasteiger partial charge >= 0.3 is 0 Å². The molecule has 2 amide bonds. The van der Waals surface area contributed by atoms with Crippen LogP contribution in [0.15, 0.2) is 30.3 Å². The Kier molecular flexibility index (Phi) is 6.33. The molecule has 0 saturated heterocycles. The maximum Gasteiger partial charge on any atom is 0.244 e. The predicted molar refractivity (Wildman–Crippen MR) is 104 cm³/mol. The van der Waals surface area contributed by atoms with Crippen LogP contribution in [-0.2, 0) is 9.59 Å². The summed E-state index contributed by atoms with van der Waals surface area (Å²) in [5.41, 5.74) is 2.88. The van der Waals surface area contributed by atoms with Gasteiger partial charge in [-0.25, -0.2) is 0 Å². The summed E-state index contributed by atoms with van der Waals surface area (Å²) in [6.07, 6.45) is 0. The third-order valence-electron chi connectivity index (χ3n) is 3.59. The second kappa shape index (κ2) is 8.09. The van der Waals surface area contributed by atoms with Crippen LogP contribution in [0.25, 0.3) is 0 Å². The first kappa shape index (κ1) is 19.6. The van der Waals surface area contributed by atoms with E-state index in [1.54, 1.807) is 24.3 Å². The third-order valence-corrected chi connectivity index (χ3v) is 4.63. The lowest BCUT2D eigenvalue weighted by molar-refractivity contribution is -0.120. The number of carbonyl (C=O) groups excluding carboxylic acids is 2. The summed E-state index contributed by atoms with van der Waals surface area (Å²) in [6, 6.07) is 8.44. The average molecular weight is 400 g/mol. The first-order chi connectivity index (χ1) is 11.7. The average Bonchev–Trinajstić information content (AvgIpc) is 2.51. The van der Waals surface area contributed by atoms with Crippen molar-refractivity contribution in [3.8, 4) is 0 Å². The summed E-state index contributed by atoms with van der Waals surface area (Å²) < 4.78 is 0. The normalized spacial score (nSPS) is 10.5. The largest absolute Gasteiger partial charge is 0.323 e. The van der Waals surface area contributed by atoms with Crippen LogP contribution in [0.4, 0.5) is 11.4 Å². The molecule has 0 spiro atoms. The zero-order valence-corrected chi connectivity index (χ0v) is 16.3. The quantitative estimate of drug-likeness (QED) is 0.763. The molecule has 132 valence electrons. The van der Waals surface area contributed by atoms with Crippen molar-refractivity contribution < 1.29 is 9.59 Å². The molecule has 0 bridgehead atoms. The number of hydrogen-bond acceptors (Lipinski definition) is 2. The molecule has 0 aromatic heterocycles. The summed E-state index contributed by atoms with van der Waals surface area (Å²) in [5.74, 6) is -0.657. The number of nitrogens with zero attached hydrogens (tertiary/aromatic N) is 1. The standard InChI is InChI=1S/C18H17Cl3N2O2/c1-10-6-11(2)18(16(21)7-10)22-17(25)9-23(12(3)24)13-4-5-14(19)15(20)8-13/h4-8H,9H2,1-3H3,(H,22,25). The fraction of sp³-hybridized carbons (Fsp3) is 0.222. The summed E-state index contributed by atoms with van der Waals surface area (Å²) in [6.45, 7) is 4.99. The Morgan fingerprint density at radius 3 is 2.24 bits per heavy atom. The van der Waals surface area contributed by atoms with Gasteiger partial charge in [-0.2, -0.15) is 0 Å². The lowest BCUT2D eigenvalue weighted by Gasteiger charge is -2.21. The number of aryl methyl sites for hydroxylation is 2. The first-order valence-corrected chi connectivity index (χ1v) is 8.62. The van der Waals surface area contributed by atoms with Crippen LogP contribution in [-0.4, -0.2) is 18.4 Å². The number of benzene rings is 2. The molecule has 0 fully saturated rings. The monoisotopic (exact) mass is 398 g/mol. The zero-order chi connectivity index (χ0) is 18.7. The van der Waals surface area contributed by atoms with Gasteiger partial charge in [0.05, 0.1) is 20.8 Å². The van der Waals surface area contributed by atoms with Gasteiger partial charge in [0.15, 0.2) is 0 Å². The Labute approximate surface area is 161 Å². The molecule has 7 heteroatoms. The fourth-order valence-corrected chi connectivity index (χ4v) is 3.09. The van der Waals surface area contributed by atoms with Crippen LogP contribution in [0.2, 0.25) is 15.1 Å². The van der Waals surface area contributed by atoms with Crippen LogP contribution in [0.5, 0.6) is 0 Å². The molecule has 0 heterocycles. The van der Waals surface area contributed by atoms with Crippen molar-refractivity contribution in [1.82, 2.24) is 0 Å². The Morgan fingerprint density at radius 1 is 1.00 bits per heavy atom. The molecule has 2 rings (SSSR count). The second-order valence-corrected chi connectivity index (χ2v) is 6.91. The molecule has 25 heavy (non-hydrogen) atoms. The van der Waals surface area contributed by atoms with E-state index in [1.165, 1.54) is 11.8 Å². The van der Waals surface area contributed by atoms with Crippen LogP contribution in [0.1, 0.15) is 18.1 Å². The van der Waals surface area contributed by atoms with E-state index in [9.17, 15) is 9.59 Å². The molecule has 2 aromatic carbocycles. The van der Waals surface area contributed by atoms with Crippen molar-refractivity contribution in [3.63, 3.8) is 0 Å². The Bertz CT molecular complexity index is 814. The van der Waals surface area contributed by atoms with Crippen LogP contribution in [0.3, 0.4) is 0 Å². The van der Waals surface area contributed by atoms with Crippen molar-refractivity contribution in [2.75, 3.05) is 16.8 Å². The predicted octanol–water partition coefficient (Wildman–Crippen LogP) is 5.26. The van der Waals surface area contributed by atoms with Crippen LogP contribution in [0, 0.1) is 13.8 Å². The molecule has 1 N–H and O–H groups in total. The minimum absolute atomic E-state index is 0.170. The topological polar surface area (TPSA) is 49.4 Å². The molecular weight excluding hydrogens is 383 g/mol. The van der Waals surface area contributed by atoms with Gasteiger partial charge in [0.2, 0.25) is 11.8 Å². The van der Waals surface area contributed by atoms with E-state index in [4.69, 9.17) is 34.8 Å². The van der Waals surface area contributed by atoms with Gasteiger partial charge in [-0.3, -0.25) is 9.59 Å². The maximum atomic E-state index is 12.4. The van der Waals surface area contributed by atoms with Crippen molar-refractivity contribution in [2.24, 2.45) is 0 Å². The fourth-order valence-electron chi connectivity index (χ4n) is 2.43. The van der Waals surface area contributed by atoms with Gasteiger partial charge in [-0.05, 0) is 49.2 Å². The van der Waals surface area contributed by atoms with Gasteiger partial charge in [0.1, 0.15) is 6.54 Å². The second-order valence-electron chi connectivity index (χ2n) is 5.69. The summed E-state index contributed by atoms with van der Waals surface area (Å²) in [4.78, 5) is 25.7. The van der Waals surface area contributed by atoms with Crippen molar-refractivity contribution >= 4 is 58.0 Å². The number of halogens is 3. The molecular formula is C18H17Cl3N2O2. The van der Waals surface area contributed by atoms with E-state index >= 15 is 0 Å². The van der Waals surface area contributed by atoms with Gasteiger partial charge < -0.3 is 10.2 Å². The molecule has 0 unspecified atom stereocenters. The van der Waals surface area contributed by atoms with Crippen molar-refractivity contribution in [1.29, 1.82) is 0 Å². The van der Waals surface area contributed by atoms with E-state index in [-0.39, 0.29) is 18.4 Å². The minimum atomic E-state index is -0.366. The molecule has 0 aliphatic carbocycles. The minimum Gasteiger partial charge on any atom is -0.323 e. The number of carbonyl (C=O) groups is 2. The maximum absolute atomic E-state index is 12.4. The Hall–Kier alpha value is -1.75. The highest BCUT2D eigenvalue weighted by Gasteiger charge is 2.18. The molecule has 4 nitrogen and oxygen atoms in total. The van der Waals surface area contributed by atoms with Gasteiger partial charge in [-0.1, -0.05) is 40.9 Å². The van der Waals surface area contributed by atoms with Gasteiger partial charge in [-0.15, -0.1) is 0 Å². The highest BCUT2D eigenvalue weighted by Crippen LogP contribution is 2.29. The molecule has 0 saturated carbocycles. The third kappa shape index (κ3) is 4.88. The van der Waals surface area contributed by atoms with E-state index in [0.717, 1.165) is 11.1 Å². The number of hydrogen-bond donors (Lipinski definition) is 1. The van der Waals surface area contributed by atoms with Crippen LogP contribution >= 0.6 is 34.8 Å². The number of amides is 2. The molecule has 0 aliphatic rings. The lowest BCUT2D eigenvalue weighted by Crippen LogP contribution is -2.36. The number of rotatable bonds is 4. The SMILES string of the molecule is CC(=O)N(CC(=O)Nc1c(C)cc(C)cc1Cl)c1ccc(Cl)c(Cl)c1. The van der Waals surface area contributed by atoms with Gasteiger partial charge in [0, 0.05) is 12.6 Å². The lowest BCUT2D eigenvalue weighted by atomic mass is 10.1. The first-order valence-electron chi connectivity index (χ1n) is 7.48. The summed E-state index contributed by atoms with van der Waals surface area (Å²) in [5, 5.41) is 3.90. The summed E-state index contributed by atoms with van der Waals surface area (Å²) >= 11 is 18.1. The Balaban J connectivity index is 2.21. The van der Waals surface area contributed by atoms with E-state index in [0.29, 0.717) is 26.4 Å². The Morgan fingerprint density at radius 2 is 1.68 bits per heavy atom. The van der Waals surface area contributed by atoms with Crippen molar-refractivity contribution in [2.45, 2.75) is 20.8 Å². The molecule has 0 radical (unpaired) electrons. The number of nitrogens with one attached hydrogen (secondary N) is 1. The molecule has 2 aromatic rings.